The summed E-state index contributed by atoms with van der Waals surface area (Å²) in [6.45, 7) is 0.0843. The summed E-state index contributed by atoms with van der Waals surface area (Å²) in [5.41, 5.74) is 0.671. The Balaban J connectivity index is 2.43. The van der Waals surface area contributed by atoms with Crippen molar-refractivity contribution in [2.45, 2.75) is 12.6 Å². The van der Waals surface area contributed by atoms with E-state index in [0.29, 0.717) is 12.1 Å². The van der Waals surface area contributed by atoms with Crippen molar-refractivity contribution in [3.05, 3.63) is 30.1 Å². The minimum Gasteiger partial charge on any atom is -0.369 e. The number of carbonyl (C=O) groups is 2. The summed E-state index contributed by atoms with van der Waals surface area (Å²) in [6.07, 6.45) is -4.64. The maximum atomic E-state index is 11.9. The fourth-order valence-corrected chi connectivity index (χ4v) is 1.13. The molecule has 5 nitrogen and oxygen atoms in total. The lowest BCUT2D eigenvalue weighted by molar-refractivity contribution is -0.193. The molecule has 0 bridgehead atoms. The average Bonchev–Trinajstić information content (AvgIpc) is 2.35. The van der Waals surface area contributed by atoms with Crippen LogP contribution >= 0.6 is 0 Å². The van der Waals surface area contributed by atoms with Gasteiger partial charge in [-0.1, -0.05) is 6.07 Å². The van der Waals surface area contributed by atoms with Gasteiger partial charge >= 0.3 is 18.2 Å². The number of alkyl halides is 3. The molecule has 19 heavy (non-hydrogen) atoms. The van der Waals surface area contributed by atoms with Crippen molar-refractivity contribution in [1.82, 2.24) is 9.88 Å². The van der Waals surface area contributed by atoms with Crippen molar-refractivity contribution in [3.63, 3.8) is 0 Å². The van der Waals surface area contributed by atoms with Gasteiger partial charge in [-0.05, 0) is 12.1 Å². The number of pyridine rings is 1. The highest BCUT2D eigenvalue weighted by atomic mass is 19.4. The zero-order chi connectivity index (χ0) is 14.5. The number of rotatable bonds is 3. The molecule has 1 heterocycles. The molecule has 0 aliphatic rings. The molecule has 0 fully saturated rings. The second-order valence-corrected chi connectivity index (χ2v) is 3.65. The van der Waals surface area contributed by atoms with Gasteiger partial charge in [-0.25, -0.2) is 9.59 Å². The van der Waals surface area contributed by atoms with Gasteiger partial charge in [0, 0.05) is 31.9 Å². The Morgan fingerprint density at radius 1 is 1.37 bits per heavy atom. The summed E-state index contributed by atoms with van der Waals surface area (Å²) in [5, 5.41) is 0. The zero-order valence-electron chi connectivity index (χ0n) is 9.98. The van der Waals surface area contributed by atoms with Gasteiger partial charge < -0.3 is 9.64 Å². The monoisotopic (exact) mass is 276 g/mol. The van der Waals surface area contributed by atoms with Crippen molar-refractivity contribution in [3.8, 4) is 0 Å². The van der Waals surface area contributed by atoms with Gasteiger partial charge in [0.1, 0.15) is 0 Å². The van der Waals surface area contributed by atoms with E-state index in [-0.39, 0.29) is 6.54 Å². The molecular weight excluding hydrogens is 265 g/mol. The molecule has 0 aliphatic heterocycles. The summed E-state index contributed by atoms with van der Waals surface area (Å²) in [7, 11) is 1.23. The molecule has 1 rings (SSSR count). The zero-order valence-corrected chi connectivity index (χ0v) is 9.98. The van der Waals surface area contributed by atoms with Gasteiger partial charge in [-0.15, -0.1) is 0 Å². The van der Waals surface area contributed by atoms with E-state index in [4.69, 9.17) is 0 Å². The lowest BCUT2D eigenvalue weighted by Crippen LogP contribution is -2.35. The van der Waals surface area contributed by atoms with Gasteiger partial charge in [-0.3, -0.25) is 4.98 Å². The Hall–Kier alpha value is -2.12. The highest BCUT2D eigenvalue weighted by Crippen LogP contribution is 2.16. The molecule has 8 heteroatoms. The second kappa shape index (κ2) is 6.17. The molecule has 0 radical (unpaired) electrons. The predicted octanol–water partition coefficient (Wildman–Crippen LogP) is 1.78. The molecular formula is C11H11F3N2O3. The van der Waals surface area contributed by atoms with Crippen molar-refractivity contribution in [1.29, 1.82) is 0 Å². The SMILES string of the molecule is CN(CCc1ccccn1)C(=O)OC(=O)C(F)(F)F. The van der Waals surface area contributed by atoms with Crippen molar-refractivity contribution < 1.29 is 27.5 Å². The Morgan fingerprint density at radius 2 is 2.05 bits per heavy atom. The van der Waals surface area contributed by atoms with Crippen LogP contribution in [0.25, 0.3) is 0 Å². The van der Waals surface area contributed by atoms with Crippen molar-refractivity contribution in [2.75, 3.05) is 13.6 Å². The van der Waals surface area contributed by atoms with Crippen LogP contribution in [-0.4, -0.2) is 41.7 Å². The Morgan fingerprint density at radius 3 is 2.58 bits per heavy atom. The molecule has 0 unspecified atom stereocenters. The predicted molar refractivity (Wildman–Crippen MR) is 58.1 cm³/mol. The summed E-state index contributed by atoms with van der Waals surface area (Å²) in [6, 6.07) is 5.16. The third-order valence-corrected chi connectivity index (χ3v) is 2.15. The summed E-state index contributed by atoms with van der Waals surface area (Å²) in [5.74, 6) is -2.53. The van der Waals surface area contributed by atoms with E-state index in [1.807, 2.05) is 0 Å². The minimum atomic E-state index is -5.18. The fourth-order valence-electron chi connectivity index (χ4n) is 1.13. The first-order valence-electron chi connectivity index (χ1n) is 5.24. The number of aromatic nitrogens is 1. The summed E-state index contributed by atoms with van der Waals surface area (Å²) < 4.78 is 39.3. The van der Waals surface area contributed by atoms with Crippen LogP contribution < -0.4 is 0 Å². The molecule has 1 amide bonds. The third kappa shape index (κ3) is 4.94. The number of halogens is 3. The molecule has 0 atom stereocenters. The van der Waals surface area contributed by atoms with Crippen LogP contribution in [0.2, 0.25) is 0 Å². The topological polar surface area (TPSA) is 59.5 Å². The summed E-state index contributed by atoms with van der Waals surface area (Å²) >= 11 is 0. The van der Waals surface area contributed by atoms with Crippen LogP contribution in [0, 0.1) is 0 Å². The smallest absolute Gasteiger partial charge is 0.369 e. The third-order valence-electron chi connectivity index (χ3n) is 2.15. The number of hydrogen-bond donors (Lipinski definition) is 0. The lowest BCUT2D eigenvalue weighted by atomic mass is 10.2. The molecule has 0 saturated heterocycles. The van der Waals surface area contributed by atoms with Gasteiger partial charge in [0.25, 0.3) is 0 Å². The first-order chi connectivity index (χ1) is 8.80. The van der Waals surface area contributed by atoms with E-state index < -0.39 is 18.2 Å². The number of amides is 1. The Bertz CT molecular complexity index is 448. The molecule has 0 aliphatic carbocycles. The molecule has 1 aromatic heterocycles. The van der Waals surface area contributed by atoms with E-state index >= 15 is 0 Å². The number of hydrogen-bond acceptors (Lipinski definition) is 4. The largest absolute Gasteiger partial charge is 0.491 e. The van der Waals surface area contributed by atoms with Gasteiger partial charge in [-0.2, -0.15) is 13.2 Å². The quantitative estimate of drug-likeness (QED) is 0.623. The van der Waals surface area contributed by atoms with E-state index in [9.17, 15) is 22.8 Å². The van der Waals surface area contributed by atoms with Gasteiger partial charge in [0.15, 0.2) is 0 Å². The lowest BCUT2D eigenvalue weighted by Gasteiger charge is -2.16. The van der Waals surface area contributed by atoms with E-state index in [2.05, 4.69) is 9.72 Å². The van der Waals surface area contributed by atoms with Crippen molar-refractivity contribution in [2.24, 2.45) is 0 Å². The average molecular weight is 276 g/mol. The van der Waals surface area contributed by atoms with Gasteiger partial charge in [0.2, 0.25) is 0 Å². The van der Waals surface area contributed by atoms with Crippen molar-refractivity contribution >= 4 is 12.1 Å². The molecule has 104 valence electrons. The van der Waals surface area contributed by atoms with E-state index in [0.717, 1.165) is 4.90 Å². The number of carbonyl (C=O) groups excluding carboxylic acids is 2. The van der Waals surface area contributed by atoms with Gasteiger partial charge in [0.05, 0.1) is 0 Å². The highest BCUT2D eigenvalue weighted by Gasteiger charge is 2.42. The van der Waals surface area contributed by atoms with Crippen LogP contribution in [0.4, 0.5) is 18.0 Å². The highest BCUT2D eigenvalue weighted by molar-refractivity contribution is 5.87. The van der Waals surface area contributed by atoms with Crippen LogP contribution in [0.15, 0.2) is 24.4 Å². The van der Waals surface area contributed by atoms with Crippen LogP contribution in [0.5, 0.6) is 0 Å². The molecule has 1 aromatic rings. The molecule has 0 N–H and O–H groups in total. The van der Waals surface area contributed by atoms with Crippen LogP contribution in [0.3, 0.4) is 0 Å². The second-order valence-electron chi connectivity index (χ2n) is 3.65. The molecule has 0 aromatic carbocycles. The summed E-state index contributed by atoms with van der Waals surface area (Å²) in [4.78, 5) is 26.5. The standard InChI is InChI=1S/C11H11F3N2O3/c1-16(7-5-8-4-2-3-6-15-8)10(18)19-9(17)11(12,13)14/h2-4,6H,5,7H2,1H3. The molecule has 0 spiro atoms. The number of esters is 1. The Kier molecular flexibility index (Phi) is 4.85. The fraction of sp³-hybridized carbons (Fsp3) is 0.364. The minimum absolute atomic E-state index is 0.0843. The Labute approximate surface area is 107 Å². The first kappa shape index (κ1) is 14.9. The maximum Gasteiger partial charge on any atom is 0.491 e. The number of nitrogens with zero attached hydrogens (tertiary/aromatic N) is 2. The number of ether oxygens (including phenoxy) is 1. The van der Waals surface area contributed by atoms with E-state index in [1.54, 1.807) is 24.4 Å². The first-order valence-corrected chi connectivity index (χ1v) is 5.24. The maximum absolute atomic E-state index is 11.9. The van der Waals surface area contributed by atoms with E-state index in [1.165, 1.54) is 7.05 Å². The molecule has 0 saturated carbocycles. The van der Waals surface area contributed by atoms with Crippen LogP contribution in [0.1, 0.15) is 5.69 Å². The van der Waals surface area contributed by atoms with Crippen LogP contribution in [-0.2, 0) is 16.0 Å². The number of likely N-dealkylation sites (N-methyl/N-ethyl adjacent to an activating group) is 1. The normalized spacial score (nSPS) is 10.9.